The van der Waals surface area contributed by atoms with Crippen LogP contribution < -0.4 is 11.1 Å². The number of thiophene rings is 1. The van der Waals surface area contributed by atoms with Crippen molar-refractivity contribution in [2.75, 3.05) is 5.32 Å². The average molecular weight is 620 g/mol. The number of nitrogens with one attached hydrogen (secondary N) is 1. The van der Waals surface area contributed by atoms with Gasteiger partial charge in [-0.05, 0) is 41.4 Å². The molecule has 4 rings (SSSR count). The SMILES string of the molecule is Cc1c(-c2cc(C(F)F)nc3sc(C(N)=O)c(NC(=O)CCn4nc(C(F)(F)F)c(Br)c4C)c23)cnn1C. The maximum atomic E-state index is 13.6. The Kier molecular flexibility index (Phi) is 7.31. The lowest BCUT2D eigenvalue weighted by atomic mass is 10.0. The number of aromatic nitrogens is 5. The molecule has 0 aromatic carbocycles. The smallest absolute Gasteiger partial charge is 0.365 e. The molecule has 0 fully saturated rings. The molecule has 4 heterocycles. The first kappa shape index (κ1) is 27.6. The molecule has 0 saturated heterocycles. The van der Waals surface area contributed by atoms with E-state index in [2.05, 4.69) is 36.4 Å². The third-order valence-corrected chi connectivity index (χ3v) is 7.92. The van der Waals surface area contributed by atoms with Crippen LogP contribution in [0.15, 0.2) is 16.7 Å². The van der Waals surface area contributed by atoms with Gasteiger partial charge in [0.25, 0.3) is 12.3 Å². The van der Waals surface area contributed by atoms with E-state index in [0.29, 0.717) is 11.3 Å². The molecule has 2 amide bonds. The number of alkyl halides is 5. The minimum atomic E-state index is -4.69. The number of carbonyl (C=O) groups excluding carboxylic acids is 2. The van der Waals surface area contributed by atoms with Gasteiger partial charge in [-0.1, -0.05) is 0 Å². The van der Waals surface area contributed by atoms with Gasteiger partial charge in [0.2, 0.25) is 5.91 Å². The largest absolute Gasteiger partial charge is 0.436 e. The fourth-order valence-electron chi connectivity index (χ4n) is 3.83. The average Bonchev–Trinajstić information content (AvgIpc) is 3.46. The van der Waals surface area contributed by atoms with Gasteiger partial charge >= 0.3 is 6.18 Å². The highest BCUT2D eigenvalue weighted by molar-refractivity contribution is 9.10. The Morgan fingerprint density at radius 3 is 2.42 bits per heavy atom. The first-order valence-electron chi connectivity index (χ1n) is 10.8. The molecule has 3 N–H and O–H groups in total. The van der Waals surface area contributed by atoms with Crippen molar-refractivity contribution >= 4 is 55.0 Å². The molecule has 0 aliphatic rings. The second-order valence-electron chi connectivity index (χ2n) is 8.28. The van der Waals surface area contributed by atoms with E-state index in [9.17, 15) is 31.5 Å². The van der Waals surface area contributed by atoms with Crippen LogP contribution in [0.2, 0.25) is 0 Å². The van der Waals surface area contributed by atoms with Gasteiger partial charge in [-0.15, -0.1) is 11.3 Å². The molecule has 0 unspecified atom stereocenters. The number of nitrogens with zero attached hydrogens (tertiary/aromatic N) is 5. The Hall–Kier alpha value is -3.40. The molecule has 0 atom stereocenters. The van der Waals surface area contributed by atoms with Crippen molar-refractivity contribution in [3.05, 3.63) is 44.4 Å². The number of fused-ring (bicyclic) bond motifs is 1. The standard InChI is InChI=1S/C22H19BrF5N7O2S/c1-8-11(7-30-34(8)3)10-6-12(19(24)25)31-21-14(10)16(17(38-21)20(29)37)32-13(36)4-5-35-9(2)15(23)18(33-35)22(26,27)28/h6-7,19H,4-5H2,1-3H3,(H2,29,37)(H,32,36). The number of hydrogen-bond donors (Lipinski definition) is 2. The molecule has 0 radical (unpaired) electrons. The molecule has 4 aromatic heterocycles. The molecular weight excluding hydrogens is 601 g/mol. The summed E-state index contributed by atoms with van der Waals surface area (Å²) >= 11 is 3.62. The minimum Gasteiger partial charge on any atom is -0.365 e. The van der Waals surface area contributed by atoms with E-state index >= 15 is 0 Å². The third-order valence-electron chi connectivity index (χ3n) is 5.87. The topological polar surface area (TPSA) is 121 Å². The predicted molar refractivity (Wildman–Crippen MR) is 133 cm³/mol. The summed E-state index contributed by atoms with van der Waals surface area (Å²) in [5.74, 6) is -1.59. The van der Waals surface area contributed by atoms with Gasteiger partial charge in [0.05, 0.1) is 28.6 Å². The van der Waals surface area contributed by atoms with Gasteiger partial charge in [0.1, 0.15) is 15.4 Å². The Morgan fingerprint density at radius 2 is 1.89 bits per heavy atom. The maximum Gasteiger partial charge on any atom is 0.436 e. The van der Waals surface area contributed by atoms with E-state index in [0.717, 1.165) is 22.1 Å². The summed E-state index contributed by atoms with van der Waals surface area (Å²) in [5, 5.41) is 10.5. The Morgan fingerprint density at radius 1 is 1.21 bits per heavy atom. The van der Waals surface area contributed by atoms with Gasteiger partial charge in [-0.25, -0.2) is 13.8 Å². The molecule has 0 bridgehead atoms. The molecular formula is C22H19BrF5N7O2S. The number of amides is 2. The van der Waals surface area contributed by atoms with E-state index in [4.69, 9.17) is 5.73 Å². The summed E-state index contributed by atoms with van der Waals surface area (Å²) in [6.45, 7) is 2.93. The fourth-order valence-corrected chi connectivity index (χ4v) is 5.35. The van der Waals surface area contributed by atoms with Gasteiger partial charge in [-0.3, -0.25) is 19.0 Å². The van der Waals surface area contributed by atoms with Crippen LogP contribution in [0.4, 0.5) is 27.6 Å². The van der Waals surface area contributed by atoms with Crippen molar-refractivity contribution in [3.63, 3.8) is 0 Å². The van der Waals surface area contributed by atoms with Crippen LogP contribution in [-0.2, 0) is 24.6 Å². The zero-order valence-corrected chi connectivity index (χ0v) is 22.4. The van der Waals surface area contributed by atoms with Crippen LogP contribution >= 0.6 is 27.3 Å². The second kappa shape index (κ2) is 10.1. The van der Waals surface area contributed by atoms with E-state index in [1.807, 2.05) is 0 Å². The number of nitrogens with two attached hydrogens (primary N) is 1. The molecule has 0 saturated carbocycles. The zero-order valence-electron chi connectivity index (χ0n) is 20.0. The highest BCUT2D eigenvalue weighted by Gasteiger charge is 2.38. The van der Waals surface area contributed by atoms with Crippen molar-refractivity contribution in [3.8, 4) is 11.1 Å². The molecule has 0 spiro atoms. The number of aryl methyl sites for hydroxylation is 2. The van der Waals surface area contributed by atoms with Gasteiger partial charge in [0.15, 0.2) is 5.69 Å². The van der Waals surface area contributed by atoms with Gasteiger partial charge in [0, 0.05) is 30.1 Å². The van der Waals surface area contributed by atoms with Crippen molar-refractivity contribution in [1.29, 1.82) is 0 Å². The molecule has 0 aliphatic carbocycles. The number of anilines is 1. The zero-order chi connectivity index (χ0) is 28.1. The molecule has 16 heteroatoms. The summed E-state index contributed by atoms with van der Waals surface area (Å²) < 4.78 is 69.1. The summed E-state index contributed by atoms with van der Waals surface area (Å²) in [6.07, 6.45) is -6.45. The number of carbonyl (C=O) groups is 2. The molecule has 9 nitrogen and oxygen atoms in total. The third kappa shape index (κ3) is 5.01. The predicted octanol–water partition coefficient (Wildman–Crippen LogP) is 5.36. The van der Waals surface area contributed by atoms with Crippen molar-refractivity contribution in [2.24, 2.45) is 12.8 Å². The van der Waals surface area contributed by atoms with E-state index in [-0.39, 0.29) is 49.5 Å². The highest BCUT2D eigenvalue weighted by atomic mass is 79.9. The summed E-state index contributed by atoms with van der Waals surface area (Å²) in [5.41, 5.74) is 5.37. The monoisotopic (exact) mass is 619 g/mol. The summed E-state index contributed by atoms with van der Waals surface area (Å²) in [6, 6.07) is 1.16. The Bertz CT molecular complexity index is 1570. The van der Waals surface area contributed by atoms with Gasteiger partial charge < -0.3 is 11.1 Å². The second-order valence-corrected chi connectivity index (χ2v) is 10.1. The molecule has 38 heavy (non-hydrogen) atoms. The summed E-state index contributed by atoms with van der Waals surface area (Å²) in [4.78, 5) is 29.0. The minimum absolute atomic E-state index is 0.0246. The number of rotatable bonds is 7. The van der Waals surface area contributed by atoms with Crippen LogP contribution in [-0.4, -0.2) is 36.4 Å². The number of pyridine rings is 1. The lowest BCUT2D eigenvalue weighted by molar-refractivity contribution is -0.142. The van der Waals surface area contributed by atoms with Crippen LogP contribution in [0.5, 0.6) is 0 Å². The van der Waals surface area contributed by atoms with Crippen molar-refractivity contribution in [1.82, 2.24) is 24.5 Å². The van der Waals surface area contributed by atoms with E-state index in [1.165, 1.54) is 17.8 Å². The lowest BCUT2D eigenvalue weighted by Crippen LogP contribution is -2.19. The lowest BCUT2D eigenvalue weighted by Gasteiger charge is -2.11. The summed E-state index contributed by atoms with van der Waals surface area (Å²) in [7, 11) is 1.66. The van der Waals surface area contributed by atoms with Crippen molar-refractivity contribution in [2.45, 2.75) is 39.4 Å². The number of primary amides is 1. The first-order chi connectivity index (χ1) is 17.7. The molecule has 0 aliphatic heterocycles. The normalized spacial score (nSPS) is 12.1. The Labute approximate surface area is 223 Å². The van der Waals surface area contributed by atoms with Gasteiger partial charge in [-0.2, -0.15) is 23.4 Å². The first-order valence-corrected chi connectivity index (χ1v) is 12.5. The maximum absolute atomic E-state index is 13.6. The van der Waals surface area contributed by atoms with Crippen LogP contribution in [0, 0.1) is 13.8 Å². The molecule has 202 valence electrons. The van der Waals surface area contributed by atoms with E-state index in [1.54, 1.807) is 14.0 Å². The van der Waals surface area contributed by atoms with Crippen LogP contribution in [0.25, 0.3) is 21.3 Å². The van der Waals surface area contributed by atoms with Crippen LogP contribution in [0.1, 0.15) is 45.3 Å². The number of halogens is 6. The number of hydrogen-bond acceptors (Lipinski definition) is 6. The quantitative estimate of drug-likeness (QED) is 0.270. The van der Waals surface area contributed by atoms with Crippen LogP contribution in [0.3, 0.4) is 0 Å². The van der Waals surface area contributed by atoms with E-state index < -0.39 is 35.8 Å². The molecule has 4 aromatic rings. The fraction of sp³-hybridized carbons (Fsp3) is 0.318. The van der Waals surface area contributed by atoms with Crippen molar-refractivity contribution < 1.29 is 31.5 Å². The highest BCUT2D eigenvalue weighted by Crippen LogP contribution is 2.43. The Balaban J connectivity index is 1.75.